The summed E-state index contributed by atoms with van der Waals surface area (Å²) in [6, 6.07) is 11.7. The number of carbonyl (C=O) groups is 1. The van der Waals surface area contributed by atoms with Gasteiger partial charge in [0, 0.05) is 36.6 Å². The average molecular weight is 537 g/mol. The van der Waals surface area contributed by atoms with Crippen LogP contribution in [0.5, 0.6) is 0 Å². The Morgan fingerprint density at radius 3 is 2.27 bits per heavy atom. The van der Waals surface area contributed by atoms with Crippen LogP contribution in [0.2, 0.25) is 5.02 Å². The van der Waals surface area contributed by atoms with Gasteiger partial charge < -0.3 is 31.3 Å². The van der Waals surface area contributed by atoms with E-state index in [4.69, 9.17) is 27.8 Å². The number of nitrogens with one attached hydrogen (secondary N) is 1. The molecular weight excluding hydrogens is 496 g/mol. The molecule has 0 unspecified atom stereocenters. The summed E-state index contributed by atoms with van der Waals surface area (Å²) in [4.78, 5) is 26.0. The number of anilines is 3. The molecule has 2 rings (SSSR count). The molecule has 0 spiro atoms. The van der Waals surface area contributed by atoms with Gasteiger partial charge in [-0.15, -0.1) is 0 Å². The minimum absolute atomic E-state index is 0.0517. The van der Waals surface area contributed by atoms with Gasteiger partial charge in [-0.1, -0.05) is 25.4 Å². The summed E-state index contributed by atoms with van der Waals surface area (Å²) in [5.74, 6) is -0.144. The molecule has 0 aromatic heterocycles. The highest BCUT2D eigenvalue weighted by Crippen LogP contribution is 2.23. The number of rotatable bonds is 15. The van der Waals surface area contributed by atoms with Gasteiger partial charge in [0.25, 0.3) is 5.69 Å². The fourth-order valence-electron chi connectivity index (χ4n) is 3.41. The zero-order valence-electron chi connectivity index (χ0n) is 22.1. The van der Waals surface area contributed by atoms with Crippen LogP contribution in [0.15, 0.2) is 42.5 Å². The Kier molecular flexibility index (Phi) is 15.7. The van der Waals surface area contributed by atoms with Gasteiger partial charge in [0.05, 0.1) is 28.6 Å². The Morgan fingerprint density at radius 1 is 1.03 bits per heavy atom. The molecule has 0 fully saturated rings. The highest BCUT2D eigenvalue weighted by atomic mass is 35.5. The van der Waals surface area contributed by atoms with E-state index in [9.17, 15) is 14.9 Å². The largest absolute Gasteiger partial charge is 0.464 e. The molecule has 37 heavy (non-hydrogen) atoms. The van der Waals surface area contributed by atoms with E-state index < -0.39 is 4.92 Å². The monoisotopic (exact) mass is 536 g/mol. The summed E-state index contributed by atoms with van der Waals surface area (Å²) in [7, 11) is 0. The van der Waals surface area contributed by atoms with Crippen molar-refractivity contribution in [2.24, 2.45) is 0 Å². The molecule has 0 aliphatic heterocycles. The number of halogens is 1. The zero-order chi connectivity index (χ0) is 27.6. The van der Waals surface area contributed by atoms with Crippen molar-refractivity contribution in [3.05, 3.63) is 57.6 Å². The van der Waals surface area contributed by atoms with Gasteiger partial charge in [-0.3, -0.25) is 14.9 Å². The Morgan fingerprint density at radius 2 is 1.70 bits per heavy atom. The predicted molar refractivity (Wildman–Crippen MR) is 152 cm³/mol. The second-order valence-electron chi connectivity index (χ2n) is 8.24. The molecule has 0 saturated carbocycles. The van der Waals surface area contributed by atoms with E-state index in [0.29, 0.717) is 31.8 Å². The Labute approximate surface area is 225 Å². The van der Waals surface area contributed by atoms with Crippen molar-refractivity contribution in [1.29, 1.82) is 0 Å². The van der Waals surface area contributed by atoms with Crippen molar-refractivity contribution >= 4 is 40.3 Å². The number of nitro benzene ring substituents is 1. The fraction of sp³-hybridized carbons (Fsp3) is 0.500. The van der Waals surface area contributed by atoms with Crippen molar-refractivity contribution < 1.29 is 14.5 Å². The lowest BCUT2D eigenvalue weighted by Crippen LogP contribution is -2.29. The Balaban J connectivity index is 0.000000516. The van der Waals surface area contributed by atoms with Gasteiger partial charge in [0.2, 0.25) is 0 Å². The Hall–Kier alpha value is -3.08. The maximum Gasteiger partial charge on any atom is 0.307 e. The second kappa shape index (κ2) is 18.2. The molecule has 0 aliphatic carbocycles. The van der Waals surface area contributed by atoms with Crippen molar-refractivity contribution in [2.75, 3.05) is 68.8 Å². The number of nitrogen functional groups attached to an aromatic ring is 2. The van der Waals surface area contributed by atoms with Gasteiger partial charge in [-0.05, 0) is 69.9 Å². The summed E-state index contributed by atoms with van der Waals surface area (Å²) in [5, 5.41) is 13.7. The third kappa shape index (κ3) is 13.2. The van der Waals surface area contributed by atoms with E-state index in [1.165, 1.54) is 18.2 Å². The SMILES string of the molecule is CCN(CC)CCCNCCC(=O)OCCN(CC)c1ccc(N)cc1.Nc1ccc([N+](=O)[O-])cc1Cl. The summed E-state index contributed by atoms with van der Waals surface area (Å²) in [6.45, 7) is 13.3. The average Bonchev–Trinajstić information content (AvgIpc) is 2.89. The molecule has 2 aromatic rings. The number of likely N-dealkylation sites (N-methyl/N-ethyl adjacent to an activating group) is 1. The number of ether oxygens (including phenoxy) is 1. The molecule has 0 heterocycles. The lowest BCUT2D eigenvalue weighted by Gasteiger charge is -2.23. The van der Waals surface area contributed by atoms with Crippen LogP contribution in [-0.2, 0) is 9.53 Å². The minimum Gasteiger partial charge on any atom is -0.464 e. The van der Waals surface area contributed by atoms with Crippen LogP contribution in [0.4, 0.5) is 22.7 Å². The highest BCUT2D eigenvalue weighted by molar-refractivity contribution is 6.33. The van der Waals surface area contributed by atoms with Crippen LogP contribution in [0.1, 0.15) is 33.6 Å². The predicted octanol–water partition coefficient (Wildman–Crippen LogP) is 4.18. The van der Waals surface area contributed by atoms with Gasteiger partial charge in [0.15, 0.2) is 0 Å². The maximum atomic E-state index is 11.8. The van der Waals surface area contributed by atoms with Crippen LogP contribution >= 0.6 is 11.6 Å². The topological polar surface area (TPSA) is 140 Å². The first-order valence-corrected chi connectivity index (χ1v) is 13.0. The number of carbonyl (C=O) groups excluding carboxylic acids is 1. The number of nitrogens with two attached hydrogens (primary N) is 2. The molecule has 0 bridgehead atoms. The standard InChI is InChI=1S/C20H36N4O2.C6H5ClN2O2/c1-4-23(5-2)15-7-13-22-14-12-20(25)26-17-16-24(6-3)19-10-8-18(21)9-11-19;7-5-3-4(9(10)11)1-2-6(5)8/h8-11,22H,4-7,12-17,21H2,1-3H3;1-3H,8H2. The normalized spacial score (nSPS) is 10.5. The van der Waals surface area contributed by atoms with Gasteiger partial charge in [0.1, 0.15) is 6.61 Å². The van der Waals surface area contributed by atoms with E-state index in [0.717, 1.165) is 50.5 Å². The molecule has 11 heteroatoms. The molecular formula is C26H41ClN6O4. The van der Waals surface area contributed by atoms with Gasteiger partial charge >= 0.3 is 5.97 Å². The molecule has 0 amide bonds. The first-order valence-electron chi connectivity index (χ1n) is 12.6. The maximum absolute atomic E-state index is 11.8. The van der Waals surface area contributed by atoms with E-state index >= 15 is 0 Å². The number of nitro groups is 1. The van der Waals surface area contributed by atoms with Crippen LogP contribution in [-0.4, -0.2) is 68.2 Å². The summed E-state index contributed by atoms with van der Waals surface area (Å²) < 4.78 is 5.35. The molecule has 5 N–H and O–H groups in total. The van der Waals surface area contributed by atoms with Crippen molar-refractivity contribution in [1.82, 2.24) is 10.2 Å². The fourth-order valence-corrected chi connectivity index (χ4v) is 3.58. The van der Waals surface area contributed by atoms with Crippen LogP contribution in [0.3, 0.4) is 0 Å². The molecule has 0 saturated heterocycles. The van der Waals surface area contributed by atoms with Gasteiger partial charge in [-0.25, -0.2) is 0 Å². The Bertz CT molecular complexity index is 941. The molecule has 2 aromatic carbocycles. The van der Waals surface area contributed by atoms with E-state index in [1.807, 2.05) is 24.3 Å². The summed E-state index contributed by atoms with van der Waals surface area (Å²) in [6.07, 6.45) is 1.52. The number of hydrogen-bond donors (Lipinski definition) is 3. The first-order chi connectivity index (χ1) is 17.7. The quantitative estimate of drug-likeness (QED) is 0.100. The van der Waals surface area contributed by atoms with Crippen molar-refractivity contribution in [2.45, 2.75) is 33.6 Å². The van der Waals surface area contributed by atoms with Crippen molar-refractivity contribution in [3.8, 4) is 0 Å². The lowest BCUT2D eigenvalue weighted by molar-refractivity contribution is -0.384. The van der Waals surface area contributed by atoms with E-state index in [-0.39, 0.29) is 16.7 Å². The number of non-ortho nitro benzene ring substituents is 1. The van der Waals surface area contributed by atoms with Crippen LogP contribution < -0.4 is 21.7 Å². The number of esters is 1. The van der Waals surface area contributed by atoms with Crippen LogP contribution in [0.25, 0.3) is 0 Å². The first kappa shape index (κ1) is 31.9. The zero-order valence-corrected chi connectivity index (χ0v) is 22.9. The summed E-state index contributed by atoms with van der Waals surface area (Å²) >= 11 is 5.53. The lowest BCUT2D eigenvalue weighted by atomic mass is 10.2. The summed E-state index contributed by atoms with van der Waals surface area (Å²) in [5.41, 5.74) is 13.2. The number of nitrogens with zero attached hydrogens (tertiary/aromatic N) is 3. The molecule has 0 atom stereocenters. The third-order valence-electron chi connectivity index (χ3n) is 5.69. The highest BCUT2D eigenvalue weighted by Gasteiger charge is 2.08. The molecule has 206 valence electrons. The second-order valence-corrected chi connectivity index (χ2v) is 8.64. The van der Waals surface area contributed by atoms with E-state index in [2.05, 4.69) is 35.9 Å². The number of hydrogen-bond acceptors (Lipinski definition) is 9. The van der Waals surface area contributed by atoms with E-state index in [1.54, 1.807) is 0 Å². The minimum atomic E-state index is -0.522. The molecule has 0 radical (unpaired) electrons. The smallest absolute Gasteiger partial charge is 0.307 e. The molecule has 10 nitrogen and oxygen atoms in total. The van der Waals surface area contributed by atoms with Crippen LogP contribution in [0, 0.1) is 10.1 Å². The van der Waals surface area contributed by atoms with Crippen molar-refractivity contribution in [3.63, 3.8) is 0 Å². The molecule has 0 aliphatic rings. The third-order valence-corrected chi connectivity index (χ3v) is 6.01. The van der Waals surface area contributed by atoms with Gasteiger partial charge in [-0.2, -0.15) is 0 Å². The number of benzene rings is 2.